The number of urea groups is 1. The van der Waals surface area contributed by atoms with Gasteiger partial charge in [0, 0.05) is 13.6 Å². The molecule has 1 unspecified atom stereocenters. The van der Waals surface area contributed by atoms with Crippen LogP contribution >= 0.6 is 0 Å². The summed E-state index contributed by atoms with van der Waals surface area (Å²) in [4.78, 5) is 40.0. The molecule has 3 heterocycles. The Balaban J connectivity index is 1.73. The van der Waals surface area contributed by atoms with Gasteiger partial charge in [-0.15, -0.1) is 0 Å². The molecule has 2 aliphatic rings. The highest BCUT2D eigenvalue weighted by Gasteiger charge is 2.38. The molecule has 22 heavy (non-hydrogen) atoms. The van der Waals surface area contributed by atoms with E-state index < -0.39 is 6.03 Å². The van der Waals surface area contributed by atoms with Crippen LogP contribution in [0.3, 0.4) is 0 Å². The molecule has 0 aromatic carbocycles. The highest BCUT2D eigenvalue weighted by molar-refractivity contribution is 6.04. The van der Waals surface area contributed by atoms with Gasteiger partial charge in [-0.2, -0.15) is 0 Å². The van der Waals surface area contributed by atoms with Crippen molar-refractivity contribution in [2.75, 3.05) is 39.9 Å². The van der Waals surface area contributed by atoms with Gasteiger partial charge in [0.25, 0.3) is 5.91 Å². The predicted molar refractivity (Wildman–Crippen MR) is 73.7 cm³/mol. The van der Waals surface area contributed by atoms with Crippen LogP contribution in [-0.2, 0) is 14.3 Å². The summed E-state index contributed by atoms with van der Waals surface area (Å²) in [7, 11) is 1.53. The van der Waals surface area contributed by atoms with E-state index in [2.05, 4.69) is 0 Å². The lowest BCUT2D eigenvalue weighted by Gasteiger charge is -2.35. The monoisotopic (exact) mass is 307 g/mol. The molecule has 3 rings (SSSR count). The molecule has 8 nitrogen and oxygen atoms in total. The smallest absolute Gasteiger partial charge is 0.327 e. The fourth-order valence-corrected chi connectivity index (χ4v) is 2.67. The number of morpholine rings is 1. The lowest BCUT2D eigenvalue weighted by Crippen LogP contribution is -2.48. The largest absolute Gasteiger partial charge is 0.467 e. The maximum Gasteiger partial charge on any atom is 0.327 e. The van der Waals surface area contributed by atoms with Gasteiger partial charge in [0.2, 0.25) is 5.91 Å². The number of furan rings is 1. The van der Waals surface area contributed by atoms with Crippen molar-refractivity contribution in [2.45, 2.75) is 6.04 Å². The molecule has 2 aliphatic heterocycles. The summed E-state index contributed by atoms with van der Waals surface area (Å²) in [6, 6.07) is 2.75. The molecule has 2 saturated heterocycles. The Hall–Kier alpha value is -2.35. The number of hydrogen-bond donors (Lipinski definition) is 0. The second-order valence-electron chi connectivity index (χ2n) is 5.31. The Labute approximate surface area is 127 Å². The summed E-state index contributed by atoms with van der Waals surface area (Å²) >= 11 is 0. The van der Waals surface area contributed by atoms with Gasteiger partial charge in [-0.05, 0) is 12.1 Å². The Bertz CT molecular complexity index is 585. The molecular weight excluding hydrogens is 290 g/mol. The van der Waals surface area contributed by atoms with Crippen LogP contribution in [0, 0.1) is 0 Å². The molecule has 1 aromatic rings. The van der Waals surface area contributed by atoms with E-state index in [1.165, 1.54) is 18.2 Å². The highest BCUT2D eigenvalue weighted by Crippen LogP contribution is 2.25. The zero-order valence-corrected chi connectivity index (χ0v) is 12.2. The maximum absolute atomic E-state index is 12.5. The number of imide groups is 1. The Morgan fingerprint density at radius 3 is 2.86 bits per heavy atom. The second-order valence-corrected chi connectivity index (χ2v) is 5.31. The first-order valence-corrected chi connectivity index (χ1v) is 7.04. The van der Waals surface area contributed by atoms with E-state index in [1.54, 1.807) is 17.0 Å². The molecule has 2 fully saturated rings. The van der Waals surface area contributed by atoms with Crippen molar-refractivity contribution < 1.29 is 23.5 Å². The van der Waals surface area contributed by atoms with Crippen LogP contribution in [0.4, 0.5) is 4.79 Å². The molecule has 1 atom stereocenters. The van der Waals surface area contributed by atoms with Gasteiger partial charge in [-0.3, -0.25) is 14.5 Å². The van der Waals surface area contributed by atoms with E-state index in [0.717, 1.165) is 4.90 Å². The fourth-order valence-electron chi connectivity index (χ4n) is 2.67. The first-order valence-electron chi connectivity index (χ1n) is 7.04. The maximum atomic E-state index is 12.5. The van der Waals surface area contributed by atoms with Crippen LogP contribution in [0.1, 0.15) is 11.8 Å². The van der Waals surface area contributed by atoms with Crippen molar-refractivity contribution in [2.24, 2.45) is 0 Å². The molecule has 0 radical (unpaired) electrons. The molecule has 0 spiro atoms. The predicted octanol–water partition coefficient (Wildman–Crippen LogP) is 0.0735. The minimum absolute atomic E-state index is 0.0108. The van der Waals surface area contributed by atoms with Gasteiger partial charge in [0.1, 0.15) is 24.9 Å². The van der Waals surface area contributed by atoms with Gasteiger partial charge in [-0.1, -0.05) is 0 Å². The molecule has 0 bridgehead atoms. The van der Waals surface area contributed by atoms with Gasteiger partial charge in [-0.25, -0.2) is 4.79 Å². The van der Waals surface area contributed by atoms with E-state index in [-0.39, 0.29) is 30.9 Å². The zero-order chi connectivity index (χ0) is 15.7. The number of amides is 4. The standard InChI is InChI=1S/C14H17N3O5/c1-15-7-12(18)17(14(15)20)8-13(19)16-4-6-21-9-10(16)11-3-2-5-22-11/h2-3,5,10H,4,6-9H2,1H3. The first-order chi connectivity index (χ1) is 10.6. The molecule has 4 amide bonds. The zero-order valence-electron chi connectivity index (χ0n) is 12.2. The van der Waals surface area contributed by atoms with Crippen LogP contribution in [0.15, 0.2) is 22.8 Å². The molecule has 118 valence electrons. The number of ether oxygens (including phenoxy) is 1. The normalized spacial score (nSPS) is 22.6. The second kappa shape index (κ2) is 5.80. The number of hydrogen-bond acceptors (Lipinski definition) is 5. The van der Waals surface area contributed by atoms with Crippen molar-refractivity contribution >= 4 is 17.8 Å². The Morgan fingerprint density at radius 2 is 2.23 bits per heavy atom. The minimum atomic E-state index is -0.443. The summed E-state index contributed by atoms with van der Waals surface area (Å²) in [5.74, 6) is -0.0189. The fraction of sp³-hybridized carbons (Fsp3) is 0.500. The lowest BCUT2D eigenvalue weighted by atomic mass is 10.1. The average molecular weight is 307 g/mol. The van der Waals surface area contributed by atoms with E-state index >= 15 is 0 Å². The van der Waals surface area contributed by atoms with Crippen molar-refractivity contribution in [3.05, 3.63) is 24.2 Å². The summed E-state index contributed by atoms with van der Waals surface area (Å²) in [6.07, 6.45) is 1.54. The summed E-state index contributed by atoms with van der Waals surface area (Å²) < 4.78 is 10.8. The third-order valence-corrected chi connectivity index (χ3v) is 3.84. The molecule has 0 aliphatic carbocycles. The van der Waals surface area contributed by atoms with E-state index in [9.17, 15) is 14.4 Å². The van der Waals surface area contributed by atoms with E-state index in [1.807, 2.05) is 0 Å². The van der Waals surface area contributed by atoms with Crippen LogP contribution in [0.2, 0.25) is 0 Å². The number of likely N-dealkylation sites (N-methyl/N-ethyl adjacent to an activating group) is 1. The number of rotatable bonds is 3. The lowest BCUT2D eigenvalue weighted by molar-refractivity contribution is -0.144. The SMILES string of the molecule is CN1CC(=O)N(CC(=O)N2CCOCC2c2ccco2)C1=O. The summed E-state index contributed by atoms with van der Waals surface area (Å²) in [5.41, 5.74) is 0. The molecule has 0 saturated carbocycles. The molecule has 0 N–H and O–H groups in total. The van der Waals surface area contributed by atoms with Crippen LogP contribution in [0.25, 0.3) is 0 Å². The third-order valence-electron chi connectivity index (χ3n) is 3.84. The van der Waals surface area contributed by atoms with Crippen LogP contribution < -0.4 is 0 Å². The topological polar surface area (TPSA) is 83.3 Å². The highest BCUT2D eigenvalue weighted by atomic mass is 16.5. The van der Waals surface area contributed by atoms with Crippen LogP contribution in [0.5, 0.6) is 0 Å². The summed E-state index contributed by atoms with van der Waals surface area (Å²) in [6.45, 7) is 0.915. The number of carbonyl (C=O) groups is 3. The van der Waals surface area contributed by atoms with Crippen molar-refractivity contribution in [1.82, 2.24) is 14.7 Å². The van der Waals surface area contributed by atoms with E-state index in [0.29, 0.717) is 25.5 Å². The van der Waals surface area contributed by atoms with Gasteiger partial charge in [0.15, 0.2) is 0 Å². The van der Waals surface area contributed by atoms with Crippen molar-refractivity contribution in [1.29, 1.82) is 0 Å². The molecular formula is C14H17N3O5. The third kappa shape index (κ3) is 2.57. The van der Waals surface area contributed by atoms with Gasteiger partial charge in [0.05, 0.1) is 19.5 Å². The first kappa shape index (κ1) is 14.6. The quantitative estimate of drug-likeness (QED) is 0.738. The van der Waals surface area contributed by atoms with Crippen molar-refractivity contribution in [3.63, 3.8) is 0 Å². The van der Waals surface area contributed by atoms with Crippen LogP contribution in [-0.4, -0.2) is 72.4 Å². The van der Waals surface area contributed by atoms with Gasteiger partial charge < -0.3 is 19.0 Å². The van der Waals surface area contributed by atoms with E-state index in [4.69, 9.17) is 9.15 Å². The van der Waals surface area contributed by atoms with Crippen molar-refractivity contribution in [3.8, 4) is 0 Å². The molecule has 1 aromatic heterocycles. The minimum Gasteiger partial charge on any atom is -0.467 e. The Kier molecular flexibility index (Phi) is 3.84. The summed E-state index contributed by atoms with van der Waals surface area (Å²) in [5, 5.41) is 0. The molecule has 8 heteroatoms. The average Bonchev–Trinajstić information content (AvgIpc) is 3.12. The number of carbonyl (C=O) groups excluding carboxylic acids is 3. The van der Waals surface area contributed by atoms with Gasteiger partial charge >= 0.3 is 6.03 Å². The Morgan fingerprint density at radius 1 is 1.41 bits per heavy atom. The number of nitrogens with zero attached hydrogens (tertiary/aromatic N) is 3.